The molecule has 0 aromatic heterocycles. The zero-order chi connectivity index (χ0) is 26.9. The highest BCUT2D eigenvalue weighted by Gasteiger charge is 2.29. The number of amides is 1. The normalized spacial score (nSPS) is 16.4. The van der Waals surface area contributed by atoms with Crippen LogP contribution in [0, 0.1) is 11.7 Å². The van der Waals surface area contributed by atoms with Crippen LogP contribution in [0.1, 0.15) is 53.0 Å². The summed E-state index contributed by atoms with van der Waals surface area (Å²) in [7, 11) is 1.28. The maximum atomic E-state index is 13.3. The lowest BCUT2D eigenvalue weighted by atomic mass is 9.91. The van der Waals surface area contributed by atoms with Crippen molar-refractivity contribution in [1.82, 2.24) is 10.3 Å². The average molecular weight is 521 g/mol. The molecule has 1 saturated heterocycles. The van der Waals surface area contributed by atoms with Gasteiger partial charge in [-0.25, -0.2) is 14.0 Å². The lowest BCUT2D eigenvalue weighted by Crippen LogP contribution is -2.42. The molecule has 0 aliphatic carbocycles. The highest BCUT2D eigenvalue weighted by Crippen LogP contribution is 2.28. The molecular formula is C26H37FN4O4S. The number of thioether (sulfide) groups is 1. The van der Waals surface area contributed by atoms with Gasteiger partial charge in [-0.15, -0.1) is 11.8 Å². The molecular weight excluding hydrogens is 483 g/mol. The van der Waals surface area contributed by atoms with E-state index in [1.165, 1.54) is 31.0 Å². The minimum atomic E-state index is -0.573. The molecule has 1 fully saturated rings. The first-order valence-corrected chi connectivity index (χ1v) is 12.9. The highest BCUT2D eigenvalue weighted by atomic mass is 32.2. The molecule has 1 amide bonds. The molecule has 1 aromatic carbocycles. The fraction of sp³-hybridized carbons (Fsp3) is 0.500. The third-order valence-electron chi connectivity index (χ3n) is 5.55. The van der Waals surface area contributed by atoms with Crippen molar-refractivity contribution in [3.63, 3.8) is 0 Å². The van der Waals surface area contributed by atoms with Gasteiger partial charge in [0.15, 0.2) is 0 Å². The number of hydrazone groups is 1. The van der Waals surface area contributed by atoms with Gasteiger partial charge in [-0.1, -0.05) is 12.1 Å². The Balaban J connectivity index is 2.18. The first kappa shape index (κ1) is 29.2. The number of nitrogens with zero attached hydrogens (tertiary/aromatic N) is 2. The third kappa shape index (κ3) is 9.22. The molecule has 10 heteroatoms. The van der Waals surface area contributed by atoms with E-state index in [1.54, 1.807) is 22.4 Å². The first-order valence-electron chi connectivity index (χ1n) is 11.8. The van der Waals surface area contributed by atoms with Gasteiger partial charge >= 0.3 is 12.1 Å². The molecule has 36 heavy (non-hydrogen) atoms. The van der Waals surface area contributed by atoms with Crippen LogP contribution in [0.3, 0.4) is 0 Å². The number of methoxy groups -OCH3 is 1. The summed E-state index contributed by atoms with van der Waals surface area (Å²) in [5, 5.41) is 6.14. The molecule has 8 nitrogen and oxygen atoms in total. The fourth-order valence-corrected chi connectivity index (χ4v) is 4.38. The number of allylic oxidation sites excluding steroid dienone is 1. The molecule has 1 aromatic rings. The number of esters is 1. The quantitative estimate of drug-likeness (QED) is 0.220. The van der Waals surface area contributed by atoms with Crippen LogP contribution in [-0.4, -0.2) is 54.2 Å². The SMILES string of the molecule is COC(=O)/C(N)=C/SC/C(C)=C(/N/N=C(\C)c1ccc(F)cc1)C1CCN(C(=O)OC(C)(C)C)CC1. The molecule has 2 rings (SSSR count). The highest BCUT2D eigenvalue weighted by molar-refractivity contribution is 8.02. The Hall–Kier alpha value is -3.01. The predicted octanol–water partition coefficient (Wildman–Crippen LogP) is 4.77. The van der Waals surface area contributed by atoms with Crippen molar-refractivity contribution in [3.8, 4) is 0 Å². The summed E-state index contributed by atoms with van der Waals surface area (Å²) in [6.07, 6.45) is 1.18. The number of hydrogen-bond donors (Lipinski definition) is 2. The molecule has 1 heterocycles. The number of piperidine rings is 1. The second kappa shape index (κ2) is 13.3. The number of nitrogens with one attached hydrogen (secondary N) is 1. The van der Waals surface area contributed by atoms with E-state index in [4.69, 9.17) is 10.5 Å². The Morgan fingerprint density at radius 3 is 2.39 bits per heavy atom. The Labute approximate surface area is 217 Å². The number of rotatable bonds is 8. The number of ether oxygens (including phenoxy) is 2. The third-order valence-corrected chi connectivity index (χ3v) is 6.57. The minimum absolute atomic E-state index is 0.0423. The smallest absolute Gasteiger partial charge is 0.410 e. The second-order valence-corrected chi connectivity index (χ2v) is 10.5. The molecule has 0 atom stereocenters. The maximum Gasteiger partial charge on any atom is 0.410 e. The number of carbonyl (C=O) groups is 2. The number of hydrogen-bond acceptors (Lipinski definition) is 8. The van der Waals surface area contributed by atoms with Crippen molar-refractivity contribution >= 4 is 29.5 Å². The van der Waals surface area contributed by atoms with E-state index in [9.17, 15) is 14.0 Å². The number of halogens is 1. The van der Waals surface area contributed by atoms with Crippen molar-refractivity contribution in [2.24, 2.45) is 16.8 Å². The molecule has 0 saturated carbocycles. The molecule has 0 unspecified atom stereocenters. The molecule has 1 aliphatic rings. The van der Waals surface area contributed by atoms with Crippen LogP contribution in [0.4, 0.5) is 9.18 Å². The fourth-order valence-electron chi connectivity index (χ4n) is 3.61. The first-order chi connectivity index (χ1) is 16.9. The summed E-state index contributed by atoms with van der Waals surface area (Å²) >= 11 is 1.39. The van der Waals surface area contributed by atoms with Gasteiger partial charge in [-0.05, 0) is 70.7 Å². The van der Waals surface area contributed by atoms with Crippen LogP contribution in [0.15, 0.2) is 51.7 Å². The van der Waals surface area contributed by atoms with Crippen molar-refractivity contribution in [3.05, 3.63) is 58.0 Å². The maximum absolute atomic E-state index is 13.3. The van der Waals surface area contributed by atoms with Crippen LogP contribution < -0.4 is 11.2 Å². The van der Waals surface area contributed by atoms with E-state index >= 15 is 0 Å². The summed E-state index contributed by atoms with van der Waals surface area (Å²) < 4.78 is 23.4. The average Bonchev–Trinajstić information content (AvgIpc) is 2.83. The second-order valence-electron chi connectivity index (χ2n) is 9.63. The van der Waals surface area contributed by atoms with Crippen LogP contribution >= 0.6 is 11.8 Å². The van der Waals surface area contributed by atoms with Gasteiger partial charge in [0.1, 0.15) is 17.1 Å². The molecule has 198 valence electrons. The summed E-state index contributed by atoms with van der Waals surface area (Å²) in [4.78, 5) is 25.7. The predicted molar refractivity (Wildman–Crippen MR) is 142 cm³/mol. The Morgan fingerprint density at radius 2 is 1.83 bits per heavy atom. The number of likely N-dealkylation sites (tertiary alicyclic amines) is 1. The Bertz CT molecular complexity index is 1010. The zero-order valence-corrected chi connectivity index (χ0v) is 22.7. The van der Waals surface area contributed by atoms with E-state index in [2.05, 4.69) is 15.3 Å². The van der Waals surface area contributed by atoms with Gasteiger partial charge < -0.3 is 20.1 Å². The van der Waals surface area contributed by atoms with Crippen LogP contribution in [0.5, 0.6) is 0 Å². The summed E-state index contributed by atoms with van der Waals surface area (Å²) in [5.74, 6) is -0.145. The molecule has 0 spiro atoms. The largest absolute Gasteiger partial charge is 0.464 e. The molecule has 1 aliphatic heterocycles. The van der Waals surface area contributed by atoms with Crippen molar-refractivity contribution in [2.45, 2.75) is 53.1 Å². The van der Waals surface area contributed by atoms with Gasteiger partial charge in [-0.3, -0.25) is 5.43 Å². The van der Waals surface area contributed by atoms with Gasteiger partial charge in [0.05, 0.1) is 12.8 Å². The van der Waals surface area contributed by atoms with E-state index in [0.717, 1.165) is 29.7 Å². The number of benzene rings is 1. The van der Waals surface area contributed by atoms with E-state index in [0.29, 0.717) is 24.6 Å². The molecule has 0 bridgehead atoms. The van der Waals surface area contributed by atoms with Gasteiger partial charge in [0.2, 0.25) is 0 Å². The van der Waals surface area contributed by atoms with Gasteiger partial charge in [0, 0.05) is 35.9 Å². The minimum Gasteiger partial charge on any atom is -0.464 e. The monoisotopic (exact) mass is 520 g/mol. The summed E-state index contributed by atoms with van der Waals surface area (Å²) in [5.41, 5.74) is 12.0. The topological polar surface area (TPSA) is 106 Å². The van der Waals surface area contributed by atoms with Gasteiger partial charge in [-0.2, -0.15) is 5.10 Å². The van der Waals surface area contributed by atoms with Crippen LogP contribution in [0.25, 0.3) is 0 Å². The van der Waals surface area contributed by atoms with Crippen molar-refractivity contribution < 1.29 is 23.5 Å². The lowest BCUT2D eigenvalue weighted by Gasteiger charge is -2.34. The Morgan fingerprint density at radius 1 is 1.22 bits per heavy atom. The number of nitrogens with two attached hydrogens (primary N) is 1. The summed E-state index contributed by atoms with van der Waals surface area (Å²) in [6.45, 7) is 10.6. The molecule has 3 N–H and O–H groups in total. The van der Waals surface area contributed by atoms with Crippen LogP contribution in [-0.2, 0) is 14.3 Å². The van der Waals surface area contributed by atoms with Crippen molar-refractivity contribution in [1.29, 1.82) is 0 Å². The Kier molecular flexibility index (Phi) is 10.8. The number of carbonyl (C=O) groups excluding carboxylic acids is 2. The van der Waals surface area contributed by atoms with Crippen molar-refractivity contribution in [2.75, 3.05) is 26.0 Å². The zero-order valence-electron chi connectivity index (χ0n) is 21.9. The van der Waals surface area contributed by atoms with Gasteiger partial charge in [0.25, 0.3) is 0 Å². The van der Waals surface area contributed by atoms with E-state index < -0.39 is 11.6 Å². The molecule has 0 radical (unpaired) electrons. The lowest BCUT2D eigenvalue weighted by molar-refractivity contribution is -0.136. The van der Waals surface area contributed by atoms with E-state index in [1.807, 2.05) is 34.6 Å². The summed E-state index contributed by atoms with van der Waals surface area (Å²) in [6, 6.07) is 6.16. The van der Waals surface area contributed by atoms with E-state index in [-0.39, 0.29) is 23.5 Å². The standard InChI is InChI=1S/C26H37FN4O4S/c1-17(15-36-16-22(28)24(32)34-6)23(30-29-18(2)19-7-9-21(27)10-8-19)20-11-13-31(14-12-20)25(33)35-26(3,4)5/h7-10,16,20,30H,11-15,28H2,1-6H3/b22-16-,23-17+,29-18+. The van der Waals surface area contributed by atoms with Crippen LogP contribution in [0.2, 0.25) is 0 Å².